The van der Waals surface area contributed by atoms with E-state index in [4.69, 9.17) is 4.74 Å². The summed E-state index contributed by atoms with van der Waals surface area (Å²) in [6.07, 6.45) is 1.04. The van der Waals surface area contributed by atoms with Crippen molar-refractivity contribution in [3.05, 3.63) is 29.6 Å². The van der Waals surface area contributed by atoms with E-state index in [1.807, 2.05) is 6.92 Å². The van der Waals surface area contributed by atoms with E-state index < -0.39 is 0 Å². The molecule has 2 nitrogen and oxygen atoms in total. The van der Waals surface area contributed by atoms with Crippen molar-refractivity contribution in [1.29, 1.82) is 0 Å². The van der Waals surface area contributed by atoms with Crippen LogP contribution in [0.1, 0.15) is 38.8 Å². The van der Waals surface area contributed by atoms with Gasteiger partial charge in [0.2, 0.25) is 0 Å². The Morgan fingerprint density at radius 3 is 2.62 bits per heavy atom. The molecule has 0 spiro atoms. The highest BCUT2D eigenvalue weighted by Gasteiger charge is 2.13. The molecule has 1 aromatic rings. The van der Waals surface area contributed by atoms with Crippen molar-refractivity contribution in [2.75, 3.05) is 7.11 Å². The van der Waals surface area contributed by atoms with Crippen LogP contribution in [0.15, 0.2) is 18.2 Å². The third-order valence-corrected chi connectivity index (χ3v) is 2.81. The van der Waals surface area contributed by atoms with E-state index in [-0.39, 0.29) is 11.9 Å². The Hall–Kier alpha value is -1.09. The summed E-state index contributed by atoms with van der Waals surface area (Å²) in [6, 6.07) is 5.10. The lowest BCUT2D eigenvalue weighted by molar-refractivity contribution is 0.392. The van der Waals surface area contributed by atoms with Crippen molar-refractivity contribution in [2.24, 2.45) is 0 Å². The Morgan fingerprint density at radius 2 is 2.06 bits per heavy atom. The van der Waals surface area contributed by atoms with Gasteiger partial charge in [-0.05, 0) is 38.5 Å². The van der Waals surface area contributed by atoms with E-state index in [9.17, 15) is 4.39 Å². The van der Waals surface area contributed by atoms with Crippen LogP contribution in [0.2, 0.25) is 0 Å². The van der Waals surface area contributed by atoms with E-state index in [2.05, 4.69) is 19.2 Å². The molecule has 1 N–H and O–H groups in total. The molecule has 0 aliphatic rings. The average Bonchev–Trinajstić information content (AvgIpc) is 2.28. The van der Waals surface area contributed by atoms with E-state index in [0.717, 1.165) is 17.7 Å². The predicted octanol–water partition coefficient (Wildman–Crippen LogP) is 3.28. The summed E-state index contributed by atoms with van der Waals surface area (Å²) >= 11 is 0. The number of benzene rings is 1. The molecule has 0 saturated heterocycles. The van der Waals surface area contributed by atoms with E-state index in [0.29, 0.717) is 6.04 Å². The highest BCUT2D eigenvalue weighted by molar-refractivity contribution is 5.36. The van der Waals surface area contributed by atoms with Gasteiger partial charge in [0.15, 0.2) is 0 Å². The lowest BCUT2D eigenvalue weighted by Gasteiger charge is -2.21. The molecule has 16 heavy (non-hydrogen) atoms. The van der Waals surface area contributed by atoms with Crippen LogP contribution < -0.4 is 10.1 Å². The third kappa shape index (κ3) is 3.20. The molecule has 0 aromatic heterocycles. The van der Waals surface area contributed by atoms with Gasteiger partial charge in [0, 0.05) is 17.6 Å². The smallest absolute Gasteiger partial charge is 0.123 e. The van der Waals surface area contributed by atoms with Gasteiger partial charge in [0.05, 0.1) is 7.11 Å². The van der Waals surface area contributed by atoms with Crippen LogP contribution in [0, 0.1) is 5.82 Å². The number of halogens is 1. The first-order chi connectivity index (χ1) is 7.58. The summed E-state index contributed by atoms with van der Waals surface area (Å²) in [5.41, 5.74) is 0.864. The van der Waals surface area contributed by atoms with Gasteiger partial charge in [-0.15, -0.1) is 0 Å². The molecule has 0 radical (unpaired) electrons. The fourth-order valence-electron chi connectivity index (χ4n) is 1.68. The van der Waals surface area contributed by atoms with Gasteiger partial charge in [0.25, 0.3) is 0 Å². The van der Waals surface area contributed by atoms with Gasteiger partial charge in [-0.25, -0.2) is 4.39 Å². The minimum atomic E-state index is -0.228. The molecule has 0 bridgehead atoms. The normalized spacial score (nSPS) is 14.6. The Kier molecular flexibility index (Phi) is 4.74. The first-order valence-electron chi connectivity index (χ1n) is 5.68. The third-order valence-electron chi connectivity index (χ3n) is 2.81. The molecule has 0 fully saturated rings. The Balaban J connectivity index is 2.88. The molecule has 0 aliphatic heterocycles. The van der Waals surface area contributed by atoms with Crippen LogP contribution in [-0.4, -0.2) is 13.2 Å². The number of methoxy groups -OCH3 is 1. The molecule has 0 heterocycles. The van der Waals surface area contributed by atoms with Gasteiger partial charge in [-0.1, -0.05) is 6.92 Å². The summed E-state index contributed by atoms with van der Waals surface area (Å²) < 4.78 is 18.4. The number of nitrogens with one attached hydrogen (secondary N) is 1. The lowest BCUT2D eigenvalue weighted by atomic mass is 10.1. The van der Waals surface area contributed by atoms with Crippen molar-refractivity contribution in [1.82, 2.24) is 5.32 Å². The monoisotopic (exact) mass is 225 g/mol. The van der Waals surface area contributed by atoms with Crippen LogP contribution >= 0.6 is 0 Å². The van der Waals surface area contributed by atoms with Crippen LogP contribution in [0.4, 0.5) is 4.39 Å². The lowest BCUT2D eigenvalue weighted by Crippen LogP contribution is -2.28. The molecule has 0 saturated carbocycles. The summed E-state index contributed by atoms with van der Waals surface area (Å²) in [5.74, 6) is 0.498. The van der Waals surface area contributed by atoms with Crippen molar-refractivity contribution in [3.63, 3.8) is 0 Å². The minimum Gasteiger partial charge on any atom is -0.496 e. The second-order valence-electron chi connectivity index (χ2n) is 4.08. The number of hydrogen-bond acceptors (Lipinski definition) is 2. The zero-order chi connectivity index (χ0) is 12.1. The molecule has 90 valence electrons. The SMILES string of the molecule is CCC(C)NC(C)c1cc(F)ccc1OC. The van der Waals surface area contributed by atoms with Gasteiger partial charge in [-0.2, -0.15) is 0 Å². The Morgan fingerprint density at radius 1 is 1.38 bits per heavy atom. The number of hydrogen-bond donors (Lipinski definition) is 1. The number of rotatable bonds is 5. The summed E-state index contributed by atoms with van der Waals surface area (Å²) in [5, 5.41) is 3.40. The fraction of sp³-hybridized carbons (Fsp3) is 0.538. The molecule has 2 unspecified atom stereocenters. The standard InChI is InChI=1S/C13H20FNO/c1-5-9(2)15-10(3)12-8-11(14)6-7-13(12)16-4/h6-10,15H,5H2,1-4H3. The van der Waals surface area contributed by atoms with Crippen LogP contribution in [0.25, 0.3) is 0 Å². The Bertz CT molecular complexity index is 341. The van der Waals surface area contributed by atoms with Crippen molar-refractivity contribution < 1.29 is 9.13 Å². The highest BCUT2D eigenvalue weighted by atomic mass is 19.1. The molecule has 1 rings (SSSR count). The van der Waals surface area contributed by atoms with E-state index in [1.54, 1.807) is 13.2 Å². The molecule has 1 aromatic carbocycles. The van der Waals surface area contributed by atoms with Crippen molar-refractivity contribution in [3.8, 4) is 5.75 Å². The van der Waals surface area contributed by atoms with Gasteiger partial charge in [0.1, 0.15) is 11.6 Å². The van der Waals surface area contributed by atoms with Crippen molar-refractivity contribution >= 4 is 0 Å². The first kappa shape index (κ1) is 13.0. The molecule has 2 atom stereocenters. The van der Waals surface area contributed by atoms with Crippen LogP contribution in [0.5, 0.6) is 5.75 Å². The van der Waals surface area contributed by atoms with Crippen molar-refractivity contribution in [2.45, 2.75) is 39.3 Å². The topological polar surface area (TPSA) is 21.3 Å². The molecule has 0 amide bonds. The fourth-order valence-corrected chi connectivity index (χ4v) is 1.68. The maximum Gasteiger partial charge on any atom is 0.123 e. The summed E-state index contributed by atoms with van der Waals surface area (Å²) in [7, 11) is 1.60. The van der Waals surface area contributed by atoms with E-state index >= 15 is 0 Å². The molecular weight excluding hydrogens is 205 g/mol. The van der Waals surface area contributed by atoms with Gasteiger partial charge >= 0.3 is 0 Å². The first-order valence-corrected chi connectivity index (χ1v) is 5.68. The molecule has 3 heteroatoms. The van der Waals surface area contributed by atoms with Crippen LogP contribution in [-0.2, 0) is 0 Å². The molecule has 0 aliphatic carbocycles. The predicted molar refractivity (Wildman–Crippen MR) is 64.3 cm³/mol. The highest BCUT2D eigenvalue weighted by Crippen LogP contribution is 2.26. The van der Waals surface area contributed by atoms with Gasteiger partial charge < -0.3 is 10.1 Å². The zero-order valence-corrected chi connectivity index (χ0v) is 10.4. The average molecular weight is 225 g/mol. The second-order valence-corrected chi connectivity index (χ2v) is 4.08. The maximum absolute atomic E-state index is 13.2. The Labute approximate surface area is 96.8 Å². The minimum absolute atomic E-state index is 0.0839. The van der Waals surface area contributed by atoms with Crippen LogP contribution in [0.3, 0.4) is 0 Å². The largest absolute Gasteiger partial charge is 0.496 e. The number of ether oxygens (including phenoxy) is 1. The summed E-state index contributed by atoms with van der Waals surface area (Å²) in [6.45, 7) is 6.25. The van der Waals surface area contributed by atoms with E-state index in [1.165, 1.54) is 12.1 Å². The quantitative estimate of drug-likeness (QED) is 0.830. The second kappa shape index (κ2) is 5.85. The zero-order valence-electron chi connectivity index (χ0n) is 10.4. The summed E-state index contributed by atoms with van der Waals surface area (Å²) in [4.78, 5) is 0. The maximum atomic E-state index is 13.2. The molecular formula is C13H20FNO. The van der Waals surface area contributed by atoms with Gasteiger partial charge in [-0.3, -0.25) is 0 Å².